The van der Waals surface area contributed by atoms with Crippen LogP contribution in [0.3, 0.4) is 0 Å². The van der Waals surface area contributed by atoms with Crippen LogP contribution in [-0.2, 0) is 26.3 Å². The van der Waals surface area contributed by atoms with E-state index in [2.05, 4.69) is 31.0 Å². The number of thioether (sulfide) groups is 2. The molecule has 4 N–H and O–H groups in total. The van der Waals surface area contributed by atoms with E-state index >= 15 is 0 Å². The maximum Gasteiger partial charge on any atom is 0.313 e. The number of aliphatic carboxylic acids is 1. The number of tetrazole rings is 1. The summed E-state index contributed by atoms with van der Waals surface area (Å²) < 4.78 is 1.46. The number of nitrogens with two attached hydrogens (primary N) is 1. The van der Waals surface area contributed by atoms with Gasteiger partial charge in [-0.15, -0.1) is 28.2 Å². The number of nitrogens with zero attached hydrogens (tertiary/aromatic N) is 7. The van der Waals surface area contributed by atoms with Gasteiger partial charge in [0.1, 0.15) is 29.1 Å². The Morgan fingerprint density at radius 1 is 1.47 bits per heavy atom. The van der Waals surface area contributed by atoms with Gasteiger partial charge >= 0.3 is 5.97 Å². The number of thiazole rings is 1. The molecule has 2 aromatic heterocycles. The van der Waals surface area contributed by atoms with Crippen LogP contribution < -0.4 is 11.1 Å². The zero-order chi connectivity index (χ0) is 25.9. The average molecular weight is 556 g/mol. The molecule has 4 heterocycles. The second kappa shape index (κ2) is 11.0. The lowest BCUT2D eigenvalue weighted by Gasteiger charge is -2.53. The Hall–Kier alpha value is -2.92. The van der Waals surface area contributed by atoms with Gasteiger partial charge in [0.25, 0.3) is 5.91 Å². The van der Waals surface area contributed by atoms with Gasteiger partial charge in [0, 0.05) is 30.5 Å². The number of aromatic nitrogens is 5. The van der Waals surface area contributed by atoms with E-state index in [1.807, 2.05) is 6.92 Å². The molecule has 3 atom stereocenters. The second-order valence-corrected chi connectivity index (χ2v) is 11.2. The number of aryl methyl sites for hydroxylation is 1. The predicted octanol–water partition coefficient (Wildman–Crippen LogP) is 0.0328. The summed E-state index contributed by atoms with van der Waals surface area (Å²) in [5.74, 6) is -1.54. The van der Waals surface area contributed by atoms with Crippen molar-refractivity contribution in [1.29, 1.82) is 0 Å². The third-order valence-electron chi connectivity index (χ3n) is 5.67. The number of nitrogens with one attached hydrogen (secondary N) is 1. The van der Waals surface area contributed by atoms with E-state index in [1.54, 1.807) is 12.4 Å². The van der Waals surface area contributed by atoms with Gasteiger partial charge in [-0.3, -0.25) is 14.4 Å². The van der Waals surface area contributed by atoms with E-state index in [4.69, 9.17) is 10.6 Å². The number of anilines is 1. The van der Waals surface area contributed by atoms with Crippen LogP contribution in [0.2, 0.25) is 0 Å². The molecular weight excluding hydrogens is 530 g/mol. The minimum absolute atomic E-state index is 0.0210. The molecule has 2 aliphatic rings. The van der Waals surface area contributed by atoms with Crippen molar-refractivity contribution in [2.24, 2.45) is 17.6 Å². The van der Waals surface area contributed by atoms with Gasteiger partial charge in [-0.05, 0) is 16.8 Å². The topological polar surface area (TPSA) is 191 Å². The van der Waals surface area contributed by atoms with Crippen LogP contribution in [0.1, 0.15) is 25.5 Å². The van der Waals surface area contributed by atoms with Crippen LogP contribution >= 0.6 is 34.9 Å². The first kappa shape index (κ1) is 26.2. The van der Waals surface area contributed by atoms with E-state index < -0.39 is 28.7 Å². The normalized spacial score (nSPS) is 23.7. The molecule has 17 heteroatoms. The number of carboxylic acids is 1. The molecule has 2 unspecified atom stereocenters. The fraction of sp³-hybridized carbons (Fsp3) is 0.579. The second-order valence-electron chi connectivity index (χ2n) is 8.28. The van der Waals surface area contributed by atoms with E-state index in [0.29, 0.717) is 11.8 Å². The van der Waals surface area contributed by atoms with E-state index in [0.717, 1.165) is 24.2 Å². The van der Waals surface area contributed by atoms with Crippen molar-refractivity contribution in [3.63, 3.8) is 0 Å². The van der Waals surface area contributed by atoms with Crippen molar-refractivity contribution >= 4 is 63.5 Å². The Balaban J connectivity index is 1.42. The maximum atomic E-state index is 13.0. The van der Waals surface area contributed by atoms with Crippen molar-refractivity contribution in [2.75, 3.05) is 30.4 Å². The van der Waals surface area contributed by atoms with E-state index in [9.17, 15) is 19.5 Å². The Kier molecular flexibility index (Phi) is 7.99. The number of carbonyl (C=O) groups is 3. The predicted molar refractivity (Wildman–Crippen MR) is 133 cm³/mol. The summed E-state index contributed by atoms with van der Waals surface area (Å²) >= 11 is 3.69. The fourth-order valence-electron chi connectivity index (χ4n) is 3.58. The smallest absolute Gasteiger partial charge is 0.313 e. The lowest BCUT2D eigenvalue weighted by Crippen LogP contribution is -2.74. The molecule has 0 bridgehead atoms. The van der Waals surface area contributed by atoms with Gasteiger partial charge in [0.2, 0.25) is 11.1 Å². The third kappa shape index (κ3) is 5.27. The van der Waals surface area contributed by atoms with Crippen molar-refractivity contribution < 1.29 is 24.3 Å². The number of fused-ring (bicyclic) bond motifs is 1. The summed E-state index contributed by atoms with van der Waals surface area (Å²) in [6.45, 7) is 2.36. The molecule has 36 heavy (non-hydrogen) atoms. The molecule has 0 radical (unpaired) electrons. The molecule has 2 aromatic rings. The number of hydrogen-bond acceptors (Lipinski definition) is 13. The highest BCUT2D eigenvalue weighted by molar-refractivity contribution is 8.00. The molecule has 4 rings (SSSR count). The molecular formula is C19H25N9O5S3. The highest BCUT2D eigenvalue weighted by atomic mass is 32.2. The Bertz CT molecular complexity index is 1170. The molecule has 0 saturated carbocycles. The standard InChI is InChI=1S/C19H25N9O5S3/c1-3-4-5-33-24-11(10-6-34-17(20)21-10)13(29)22-12-14(30)28-7-19(16(31)32,8-35-15(12)28)9-36-18-23-25-26-27(18)2/h6,12,15H,3-5,7-9H2,1-2H3,(H2,20,21)(H,22,29)(H,31,32)/t12?,15-,19?/m1/s1. The first-order chi connectivity index (χ1) is 17.3. The molecule has 0 aromatic carbocycles. The van der Waals surface area contributed by atoms with Crippen LogP contribution in [0.5, 0.6) is 0 Å². The molecule has 194 valence electrons. The number of rotatable bonds is 11. The van der Waals surface area contributed by atoms with E-state index in [-0.39, 0.29) is 40.5 Å². The van der Waals surface area contributed by atoms with Crippen molar-refractivity contribution in [3.8, 4) is 0 Å². The summed E-state index contributed by atoms with van der Waals surface area (Å²) in [4.78, 5) is 49.1. The molecule has 14 nitrogen and oxygen atoms in total. The number of unbranched alkanes of at least 4 members (excludes halogenated alkanes) is 1. The number of β-lactam (4-membered cyclic amide) rings is 1. The monoisotopic (exact) mass is 555 g/mol. The number of nitrogen functional groups attached to an aromatic ring is 1. The molecule has 2 aliphatic heterocycles. The lowest BCUT2D eigenvalue weighted by molar-refractivity contribution is -0.157. The molecule has 0 aliphatic carbocycles. The molecule has 0 spiro atoms. The zero-order valence-corrected chi connectivity index (χ0v) is 21.9. The van der Waals surface area contributed by atoms with Gasteiger partial charge in [0.05, 0.1) is 0 Å². The number of carboxylic acid groups (broad SMARTS) is 1. The number of oxime groups is 1. The summed E-state index contributed by atoms with van der Waals surface area (Å²) in [6.07, 6.45) is 1.67. The number of carbonyl (C=O) groups excluding carboxylic acids is 2. The molecule has 2 amide bonds. The van der Waals surface area contributed by atoms with Crippen LogP contribution in [-0.4, -0.2) is 94.8 Å². The Labute approximate surface area is 218 Å². The summed E-state index contributed by atoms with van der Waals surface area (Å²) in [6, 6.07) is -0.818. The highest BCUT2D eigenvalue weighted by Crippen LogP contribution is 2.44. The average Bonchev–Trinajstić information content (AvgIpc) is 3.48. The first-order valence-electron chi connectivity index (χ1n) is 11.0. The lowest BCUT2D eigenvalue weighted by atomic mass is 9.89. The quantitative estimate of drug-likeness (QED) is 0.111. The first-order valence-corrected chi connectivity index (χ1v) is 13.9. The molecule has 2 fully saturated rings. The van der Waals surface area contributed by atoms with Crippen LogP contribution in [0.4, 0.5) is 5.13 Å². The largest absolute Gasteiger partial charge is 0.481 e. The summed E-state index contributed by atoms with van der Waals surface area (Å²) in [5.41, 5.74) is 4.71. The van der Waals surface area contributed by atoms with Gasteiger partial charge in [-0.1, -0.05) is 30.3 Å². The minimum Gasteiger partial charge on any atom is -0.481 e. The van der Waals surface area contributed by atoms with Crippen molar-refractivity contribution in [3.05, 3.63) is 11.1 Å². The fourth-order valence-corrected chi connectivity index (χ4v) is 6.84. The maximum absolute atomic E-state index is 13.0. The van der Waals surface area contributed by atoms with Gasteiger partial charge in [-0.25, -0.2) is 9.67 Å². The number of amides is 2. The Morgan fingerprint density at radius 3 is 2.92 bits per heavy atom. The van der Waals surface area contributed by atoms with Crippen molar-refractivity contribution in [2.45, 2.75) is 36.3 Å². The molecule has 2 saturated heterocycles. The SMILES string of the molecule is CCCCON=C(C(=O)NC1C(=O)N2CC(CSc3nnnn3C)(C(=O)O)CS[C@H]12)c1csc(N)n1. The van der Waals surface area contributed by atoms with Crippen molar-refractivity contribution in [1.82, 2.24) is 35.4 Å². The zero-order valence-electron chi connectivity index (χ0n) is 19.5. The number of hydrogen-bond donors (Lipinski definition) is 3. The third-order valence-corrected chi connectivity index (χ3v) is 9.23. The van der Waals surface area contributed by atoms with Gasteiger partial charge < -0.3 is 25.9 Å². The van der Waals surface area contributed by atoms with Crippen LogP contribution in [0, 0.1) is 5.41 Å². The Morgan fingerprint density at radius 2 is 2.28 bits per heavy atom. The van der Waals surface area contributed by atoms with Gasteiger partial charge in [0.15, 0.2) is 10.8 Å². The summed E-state index contributed by atoms with van der Waals surface area (Å²) in [7, 11) is 1.67. The summed E-state index contributed by atoms with van der Waals surface area (Å²) in [5, 5.41) is 29.8. The van der Waals surface area contributed by atoms with Gasteiger partial charge in [-0.2, -0.15) is 0 Å². The minimum atomic E-state index is -1.18. The van der Waals surface area contributed by atoms with Crippen LogP contribution in [0.15, 0.2) is 15.7 Å². The van der Waals surface area contributed by atoms with Crippen LogP contribution in [0.25, 0.3) is 0 Å². The van der Waals surface area contributed by atoms with E-state index in [1.165, 1.54) is 33.1 Å². The highest BCUT2D eigenvalue weighted by Gasteiger charge is 2.57.